The van der Waals surface area contributed by atoms with E-state index in [1.165, 1.54) is 5.56 Å². The van der Waals surface area contributed by atoms with Crippen LogP contribution in [0.1, 0.15) is 5.56 Å². The summed E-state index contributed by atoms with van der Waals surface area (Å²) < 4.78 is 0. The van der Waals surface area contributed by atoms with Crippen LogP contribution in [0.3, 0.4) is 0 Å². The number of benzene rings is 1. The number of aliphatic hydroxyl groups is 1. The molecular formula is C11H13ClOS. The zero-order chi connectivity index (χ0) is 9.97. The molecule has 3 heteroatoms. The van der Waals surface area contributed by atoms with Crippen molar-refractivity contribution in [1.82, 2.24) is 0 Å². The lowest BCUT2D eigenvalue weighted by Crippen LogP contribution is -2.19. The second kappa shape index (κ2) is 4.56. The molecule has 0 amide bonds. The van der Waals surface area contributed by atoms with Crippen LogP contribution in [-0.2, 0) is 6.42 Å². The van der Waals surface area contributed by atoms with E-state index >= 15 is 0 Å². The van der Waals surface area contributed by atoms with Gasteiger partial charge in [-0.25, -0.2) is 0 Å². The first-order valence-corrected chi connectivity index (χ1v) is 6.29. The monoisotopic (exact) mass is 228 g/mol. The summed E-state index contributed by atoms with van der Waals surface area (Å²) in [4.78, 5) is 0. The molecule has 14 heavy (non-hydrogen) atoms. The maximum absolute atomic E-state index is 9.66. The Hall–Kier alpha value is -0.180. The maximum atomic E-state index is 9.66. The highest BCUT2D eigenvalue weighted by Gasteiger charge is 2.25. The first kappa shape index (κ1) is 10.3. The highest BCUT2D eigenvalue weighted by atomic mass is 35.5. The predicted molar refractivity (Wildman–Crippen MR) is 62.0 cm³/mol. The Kier molecular flexibility index (Phi) is 3.37. The molecule has 1 aliphatic heterocycles. The van der Waals surface area contributed by atoms with Crippen LogP contribution in [0.25, 0.3) is 0 Å². The van der Waals surface area contributed by atoms with Crippen LogP contribution >= 0.6 is 23.4 Å². The van der Waals surface area contributed by atoms with E-state index in [4.69, 9.17) is 11.6 Å². The van der Waals surface area contributed by atoms with Gasteiger partial charge in [-0.3, -0.25) is 0 Å². The molecule has 0 aromatic heterocycles. The SMILES string of the molecule is OC1CSCC1Cc1ccc(Cl)cc1. The van der Waals surface area contributed by atoms with Crippen LogP contribution in [0.15, 0.2) is 24.3 Å². The van der Waals surface area contributed by atoms with Gasteiger partial charge in [0.05, 0.1) is 6.10 Å². The van der Waals surface area contributed by atoms with Gasteiger partial charge in [0.1, 0.15) is 0 Å². The molecule has 0 saturated carbocycles. The Bertz CT molecular complexity index is 299. The highest BCUT2D eigenvalue weighted by molar-refractivity contribution is 7.99. The van der Waals surface area contributed by atoms with Gasteiger partial charge in [-0.05, 0) is 35.8 Å². The van der Waals surface area contributed by atoms with Gasteiger partial charge in [0.25, 0.3) is 0 Å². The van der Waals surface area contributed by atoms with Gasteiger partial charge >= 0.3 is 0 Å². The number of hydrogen-bond acceptors (Lipinski definition) is 2. The molecule has 0 bridgehead atoms. The van der Waals surface area contributed by atoms with Crippen LogP contribution < -0.4 is 0 Å². The molecule has 2 unspecified atom stereocenters. The lowest BCUT2D eigenvalue weighted by molar-refractivity contribution is 0.150. The molecule has 2 rings (SSSR count). The molecule has 1 nitrogen and oxygen atoms in total. The summed E-state index contributed by atoms with van der Waals surface area (Å²) in [6, 6.07) is 7.90. The van der Waals surface area contributed by atoms with Gasteiger partial charge < -0.3 is 5.11 Å². The number of thioether (sulfide) groups is 1. The molecule has 1 fully saturated rings. The molecule has 1 aromatic rings. The van der Waals surface area contributed by atoms with Crippen molar-refractivity contribution in [2.75, 3.05) is 11.5 Å². The fourth-order valence-corrected chi connectivity index (χ4v) is 3.12. The molecule has 0 radical (unpaired) electrons. The molecule has 1 saturated heterocycles. The van der Waals surface area contributed by atoms with Crippen LogP contribution in [-0.4, -0.2) is 22.7 Å². The van der Waals surface area contributed by atoms with Crippen LogP contribution in [0, 0.1) is 5.92 Å². The van der Waals surface area contributed by atoms with E-state index in [1.54, 1.807) is 0 Å². The summed E-state index contributed by atoms with van der Waals surface area (Å²) >= 11 is 7.64. The second-order valence-electron chi connectivity index (χ2n) is 3.70. The van der Waals surface area contributed by atoms with Gasteiger partial charge in [-0.15, -0.1) is 0 Å². The molecule has 0 spiro atoms. The number of aliphatic hydroxyl groups excluding tert-OH is 1. The van der Waals surface area contributed by atoms with Crippen molar-refractivity contribution in [2.45, 2.75) is 12.5 Å². The summed E-state index contributed by atoms with van der Waals surface area (Å²) in [5.41, 5.74) is 1.26. The van der Waals surface area contributed by atoms with Crippen molar-refractivity contribution in [3.05, 3.63) is 34.9 Å². The molecule has 76 valence electrons. The minimum atomic E-state index is -0.129. The van der Waals surface area contributed by atoms with Gasteiger partial charge in [0.15, 0.2) is 0 Å². The third-order valence-corrected chi connectivity index (χ3v) is 4.07. The second-order valence-corrected chi connectivity index (χ2v) is 5.21. The van der Waals surface area contributed by atoms with E-state index in [0.29, 0.717) is 5.92 Å². The van der Waals surface area contributed by atoms with Crippen LogP contribution in [0.5, 0.6) is 0 Å². The molecule has 1 heterocycles. The third kappa shape index (κ3) is 2.44. The predicted octanol–water partition coefficient (Wildman–Crippen LogP) is 2.61. The van der Waals surface area contributed by atoms with Gasteiger partial charge in [-0.2, -0.15) is 11.8 Å². The van der Waals surface area contributed by atoms with Crippen molar-refractivity contribution in [1.29, 1.82) is 0 Å². The average Bonchev–Trinajstić information content (AvgIpc) is 2.56. The third-order valence-electron chi connectivity index (χ3n) is 2.58. The van der Waals surface area contributed by atoms with Crippen molar-refractivity contribution in [2.24, 2.45) is 5.92 Å². The number of rotatable bonds is 2. The van der Waals surface area contributed by atoms with Gasteiger partial charge in [-0.1, -0.05) is 23.7 Å². The first-order valence-electron chi connectivity index (χ1n) is 4.76. The Morgan fingerprint density at radius 3 is 2.57 bits per heavy atom. The summed E-state index contributed by atoms with van der Waals surface area (Å²) in [6.45, 7) is 0. The minimum Gasteiger partial charge on any atom is -0.392 e. The Morgan fingerprint density at radius 1 is 1.29 bits per heavy atom. The molecule has 0 aliphatic carbocycles. The van der Waals surface area contributed by atoms with Crippen molar-refractivity contribution >= 4 is 23.4 Å². The first-order chi connectivity index (χ1) is 6.75. The minimum absolute atomic E-state index is 0.129. The van der Waals surface area contributed by atoms with Crippen molar-refractivity contribution < 1.29 is 5.11 Å². The lowest BCUT2D eigenvalue weighted by Gasteiger charge is -2.12. The lowest BCUT2D eigenvalue weighted by atomic mass is 9.97. The molecule has 1 aromatic carbocycles. The summed E-state index contributed by atoms with van der Waals surface area (Å²) in [6.07, 6.45) is 0.835. The van der Waals surface area contributed by atoms with E-state index in [-0.39, 0.29) is 6.10 Å². The van der Waals surface area contributed by atoms with E-state index in [9.17, 15) is 5.11 Å². The Morgan fingerprint density at radius 2 is 2.00 bits per heavy atom. The Labute approximate surface area is 93.5 Å². The number of halogens is 1. The topological polar surface area (TPSA) is 20.2 Å². The maximum Gasteiger partial charge on any atom is 0.0669 e. The Balaban J connectivity index is 2.00. The van der Waals surface area contributed by atoms with Crippen molar-refractivity contribution in [3.8, 4) is 0 Å². The molecular weight excluding hydrogens is 216 g/mol. The van der Waals surface area contributed by atoms with Crippen LogP contribution in [0.4, 0.5) is 0 Å². The van der Waals surface area contributed by atoms with E-state index in [1.807, 2.05) is 36.0 Å². The quantitative estimate of drug-likeness (QED) is 0.840. The smallest absolute Gasteiger partial charge is 0.0669 e. The van der Waals surface area contributed by atoms with Crippen molar-refractivity contribution in [3.63, 3.8) is 0 Å². The zero-order valence-electron chi connectivity index (χ0n) is 7.82. The molecule has 1 aliphatic rings. The summed E-state index contributed by atoms with van der Waals surface area (Å²) in [5, 5.41) is 10.4. The van der Waals surface area contributed by atoms with Gasteiger partial charge in [0.2, 0.25) is 0 Å². The average molecular weight is 229 g/mol. The summed E-state index contributed by atoms with van der Waals surface area (Å²) in [7, 11) is 0. The summed E-state index contributed by atoms with van der Waals surface area (Å²) in [5.74, 6) is 2.38. The van der Waals surface area contributed by atoms with Crippen LogP contribution in [0.2, 0.25) is 5.02 Å². The zero-order valence-corrected chi connectivity index (χ0v) is 9.39. The number of hydrogen-bond donors (Lipinski definition) is 1. The normalized spacial score (nSPS) is 26.7. The van der Waals surface area contributed by atoms with Gasteiger partial charge in [0, 0.05) is 10.8 Å². The highest BCUT2D eigenvalue weighted by Crippen LogP contribution is 2.27. The fourth-order valence-electron chi connectivity index (χ4n) is 1.71. The standard InChI is InChI=1S/C11H13ClOS/c12-10-3-1-8(2-4-10)5-9-6-14-7-11(9)13/h1-4,9,11,13H,5-7H2. The van der Waals surface area contributed by atoms with E-state index in [2.05, 4.69) is 0 Å². The van der Waals surface area contributed by atoms with E-state index < -0.39 is 0 Å². The molecule has 1 N–H and O–H groups in total. The molecule has 2 atom stereocenters. The van der Waals surface area contributed by atoms with E-state index in [0.717, 1.165) is 22.9 Å². The largest absolute Gasteiger partial charge is 0.392 e. The fraction of sp³-hybridized carbons (Fsp3) is 0.455.